The van der Waals surface area contributed by atoms with Gasteiger partial charge in [0, 0.05) is 21.2 Å². The van der Waals surface area contributed by atoms with E-state index in [0.717, 1.165) is 16.6 Å². The van der Waals surface area contributed by atoms with Crippen LogP contribution in [0.5, 0.6) is 0 Å². The van der Waals surface area contributed by atoms with Gasteiger partial charge in [0.05, 0.1) is 12.1 Å². The van der Waals surface area contributed by atoms with E-state index >= 15 is 0 Å². The maximum atomic E-state index is 9.01. The average molecular weight is 311 g/mol. The normalized spacial score (nSPS) is 16.5. The van der Waals surface area contributed by atoms with Crippen LogP contribution in [0.1, 0.15) is 19.3 Å². The van der Waals surface area contributed by atoms with Crippen molar-refractivity contribution in [3.63, 3.8) is 0 Å². The molecule has 0 saturated heterocycles. The van der Waals surface area contributed by atoms with Crippen LogP contribution in [0.4, 0.5) is 0 Å². The van der Waals surface area contributed by atoms with Crippen molar-refractivity contribution in [1.29, 1.82) is 5.26 Å². The van der Waals surface area contributed by atoms with E-state index in [1.54, 1.807) is 11.8 Å². The van der Waals surface area contributed by atoms with Crippen molar-refractivity contribution in [3.8, 4) is 6.07 Å². The fraction of sp³-hybridized carbons (Fsp3) is 0.462. The molecular formula is C13H15BrN2S. The lowest BCUT2D eigenvalue weighted by Gasteiger charge is -2.10. The van der Waals surface area contributed by atoms with Crippen LogP contribution in [-0.4, -0.2) is 17.8 Å². The number of nitrogens with zero attached hydrogens (tertiary/aromatic N) is 1. The minimum atomic E-state index is 0.0159. The molecule has 0 amide bonds. The summed E-state index contributed by atoms with van der Waals surface area (Å²) in [6.45, 7) is 0. The first-order chi connectivity index (χ1) is 8.28. The van der Waals surface area contributed by atoms with Gasteiger partial charge in [-0.25, -0.2) is 0 Å². The molecule has 1 saturated carbocycles. The van der Waals surface area contributed by atoms with Gasteiger partial charge in [-0.2, -0.15) is 5.26 Å². The molecule has 0 spiro atoms. The predicted molar refractivity (Wildman–Crippen MR) is 75.0 cm³/mol. The minimum absolute atomic E-state index is 0.0159. The Balaban J connectivity index is 1.72. The lowest BCUT2D eigenvalue weighted by atomic mass is 10.2. The van der Waals surface area contributed by atoms with Crippen molar-refractivity contribution in [3.05, 3.63) is 28.7 Å². The summed E-state index contributed by atoms with van der Waals surface area (Å²) < 4.78 is 1.11. The van der Waals surface area contributed by atoms with Crippen LogP contribution in [0.3, 0.4) is 0 Å². The molecule has 1 unspecified atom stereocenters. The summed E-state index contributed by atoms with van der Waals surface area (Å²) in [4.78, 5) is 1.25. The molecule has 1 atom stereocenters. The zero-order valence-corrected chi connectivity index (χ0v) is 11.9. The largest absolute Gasteiger partial charge is 0.299 e. The third-order valence-corrected chi connectivity index (χ3v) is 4.16. The van der Waals surface area contributed by atoms with Gasteiger partial charge in [0.25, 0.3) is 0 Å². The summed E-state index contributed by atoms with van der Waals surface area (Å²) in [6.07, 6.45) is 3.37. The molecule has 0 radical (unpaired) electrons. The standard InChI is InChI=1S/C13H15BrN2S/c14-10-2-1-3-13(8-10)17-7-6-12(9-15)16-11-4-5-11/h1-3,8,11-12,16H,4-7H2. The van der Waals surface area contributed by atoms with E-state index in [9.17, 15) is 0 Å². The van der Waals surface area contributed by atoms with Gasteiger partial charge in [-0.15, -0.1) is 11.8 Å². The molecule has 17 heavy (non-hydrogen) atoms. The highest BCUT2D eigenvalue weighted by Gasteiger charge is 2.24. The van der Waals surface area contributed by atoms with Crippen LogP contribution in [0, 0.1) is 11.3 Å². The predicted octanol–water partition coefficient (Wildman–Crippen LogP) is 3.58. The molecule has 0 aliphatic heterocycles. The third kappa shape index (κ3) is 4.71. The Morgan fingerprint density at radius 1 is 1.53 bits per heavy atom. The van der Waals surface area contributed by atoms with Crippen LogP contribution in [0.2, 0.25) is 0 Å². The van der Waals surface area contributed by atoms with E-state index in [4.69, 9.17) is 5.26 Å². The number of nitrogens with one attached hydrogen (secondary N) is 1. The van der Waals surface area contributed by atoms with Gasteiger partial charge in [0.15, 0.2) is 0 Å². The topological polar surface area (TPSA) is 35.8 Å². The highest BCUT2D eigenvalue weighted by atomic mass is 79.9. The quantitative estimate of drug-likeness (QED) is 0.816. The van der Waals surface area contributed by atoms with Crippen LogP contribution >= 0.6 is 27.7 Å². The highest BCUT2D eigenvalue weighted by molar-refractivity contribution is 9.10. The molecule has 90 valence electrons. The molecule has 1 N–H and O–H groups in total. The Bertz CT molecular complexity index is 412. The Kier molecular flexibility index (Phi) is 4.90. The smallest absolute Gasteiger partial charge is 0.0963 e. The third-order valence-electron chi connectivity index (χ3n) is 2.64. The van der Waals surface area contributed by atoms with Gasteiger partial charge >= 0.3 is 0 Å². The lowest BCUT2D eigenvalue weighted by Crippen LogP contribution is -2.29. The molecule has 1 aromatic rings. The maximum Gasteiger partial charge on any atom is 0.0963 e. The number of hydrogen-bond donors (Lipinski definition) is 1. The number of thioether (sulfide) groups is 1. The number of benzene rings is 1. The summed E-state index contributed by atoms with van der Waals surface area (Å²) in [5.74, 6) is 0.981. The highest BCUT2D eigenvalue weighted by Crippen LogP contribution is 2.24. The summed E-state index contributed by atoms with van der Waals surface area (Å²) in [5, 5.41) is 12.4. The Morgan fingerprint density at radius 2 is 2.35 bits per heavy atom. The van der Waals surface area contributed by atoms with Crippen molar-refractivity contribution in [1.82, 2.24) is 5.32 Å². The molecule has 1 aliphatic rings. The number of nitriles is 1. The first kappa shape index (κ1) is 12.9. The monoisotopic (exact) mass is 310 g/mol. The maximum absolute atomic E-state index is 9.01. The van der Waals surface area contributed by atoms with E-state index in [1.807, 2.05) is 12.1 Å². The van der Waals surface area contributed by atoms with Gasteiger partial charge in [-0.05, 0) is 37.5 Å². The molecule has 4 heteroatoms. The van der Waals surface area contributed by atoms with Crippen molar-refractivity contribution >= 4 is 27.7 Å². The number of hydrogen-bond acceptors (Lipinski definition) is 3. The lowest BCUT2D eigenvalue weighted by molar-refractivity contribution is 0.587. The second-order valence-electron chi connectivity index (χ2n) is 4.22. The van der Waals surface area contributed by atoms with Crippen molar-refractivity contribution in [2.45, 2.75) is 36.2 Å². The van der Waals surface area contributed by atoms with Crippen LogP contribution in [-0.2, 0) is 0 Å². The molecule has 2 nitrogen and oxygen atoms in total. The summed E-state index contributed by atoms with van der Waals surface area (Å²) in [7, 11) is 0. The molecule has 1 aliphatic carbocycles. The molecule has 0 heterocycles. The first-order valence-corrected chi connectivity index (χ1v) is 7.60. The van der Waals surface area contributed by atoms with E-state index < -0.39 is 0 Å². The fourth-order valence-electron chi connectivity index (χ4n) is 1.57. The van der Waals surface area contributed by atoms with Gasteiger partial charge in [0.2, 0.25) is 0 Å². The van der Waals surface area contributed by atoms with Crippen molar-refractivity contribution in [2.75, 3.05) is 5.75 Å². The summed E-state index contributed by atoms with van der Waals surface area (Å²) >= 11 is 5.26. The summed E-state index contributed by atoms with van der Waals surface area (Å²) in [5.41, 5.74) is 0. The molecule has 0 bridgehead atoms. The Labute approximate surface area is 115 Å². The zero-order valence-electron chi connectivity index (χ0n) is 9.53. The zero-order chi connectivity index (χ0) is 12.1. The molecule has 1 fully saturated rings. The van der Waals surface area contributed by atoms with E-state index in [-0.39, 0.29) is 6.04 Å². The number of rotatable bonds is 6. The van der Waals surface area contributed by atoms with Crippen LogP contribution in [0.15, 0.2) is 33.6 Å². The van der Waals surface area contributed by atoms with Crippen molar-refractivity contribution in [2.24, 2.45) is 0 Å². The first-order valence-electron chi connectivity index (χ1n) is 5.82. The summed E-state index contributed by atoms with van der Waals surface area (Å²) in [6, 6.07) is 11.2. The second-order valence-corrected chi connectivity index (χ2v) is 6.30. The molecule has 1 aromatic carbocycles. The van der Waals surface area contributed by atoms with Gasteiger partial charge in [-0.1, -0.05) is 22.0 Å². The fourth-order valence-corrected chi connectivity index (χ4v) is 3.10. The second kappa shape index (κ2) is 6.44. The average Bonchev–Trinajstić information content (AvgIpc) is 3.12. The number of halogens is 1. The Morgan fingerprint density at radius 3 is 3.00 bits per heavy atom. The minimum Gasteiger partial charge on any atom is -0.299 e. The van der Waals surface area contributed by atoms with Crippen LogP contribution in [0.25, 0.3) is 0 Å². The van der Waals surface area contributed by atoms with E-state index in [2.05, 4.69) is 39.4 Å². The van der Waals surface area contributed by atoms with Gasteiger partial charge in [-0.3, -0.25) is 5.32 Å². The van der Waals surface area contributed by atoms with E-state index in [1.165, 1.54) is 17.7 Å². The van der Waals surface area contributed by atoms with Gasteiger partial charge < -0.3 is 0 Å². The van der Waals surface area contributed by atoms with Crippen molar-refractivity contribution < 1.29 is 0 Å². The SMILES string of the molecule is N#CC(CCSc1cccc(Br)c1)NC1CC1. The molecule has 2 rings (SSSR count). The van der Waals surface area contributed by atoms with E-state index in [0.29, 0.717) is 6.04 Å². The van der Waals surface area contributed by atoms with Crippen LogP contribution < -0.4 is 5.32 Å². The molecular weight excluding hydrogens is 296 g/mol. The Hall–Kier alpha value is -0.500. The molecule has 0 aromatic heterocycles. The van der Waals surface area contributed by atoms with Gasteiger partial charge in [0.1, 0.15) is 0 Å².